The van der Waals surface area contributed by atoms with Crippen LogP contribution in [0, 0.1) is 0 Å². The molecule has 0 saturated carbocycles. The van der Waals surface area contributed by atoms with Crippen molar-refractivity contribution in [3.8, 4) is 0 Å². The zero-order valence-electron chi connectivity index (χ0n) is 7.71. The van der Waals surface area contributed by atoms with Gasteiger partial charge >= 0.3 is 6.18 Å². The maximum absolute atomic E-state index is 11.9. The largest absolute Gasteiger partial charge is 0.416 e. The molecule has 0 spiro atoms. The van der Waals surface area contributed by atoms with E-state index in [-0.39, 0.29) is 4.88 Å². The number of hydrogen-bond donors (Lipinski definition) is 2. The van der Waals surface area contributed by atoms with Crippen molar-refractivity contribution >= 4 is 28.8 Å². The summed E-state index contributed by atoms with van der Waals surface area (Å²) < 4.78 is 36.0. The molecule has 0 fully saturated rings. The fourth-order valence-electron chi connectivity index (χ4n) is 0.829. The van der Waals surface area contributed by atoms with E-state index in [0.717, 1.165) is 11.3 Å². The second-order valence-electron chi connectivity index (χ2n) is 2.87. The highest BCUT2D eigenvalue weighted by Crippen LogP contribution is 2.22. The molecule has 2 N–H and O–H groups in total. The summed E-state index contributed by atoms with van der Waals surface area (Å²) in [7, 11) is 0. The van der Waals surface area contributed by atoms with E-state index in [1.807, 2.05) is 5.32 Å². The van der Waals surface area contributed by atoms with E-state index in [0.29, 0.717) is 4.34 Å². The Morgan fingerprint density at radius 1 is 1.56 bits per heavy atom. The Labute approximate surface area is 97.8 Å². The smallest absolute Gasteiger partial charge is 0.382 e. The summed E-state index contributed by atoms with van der Waals surface area (Å²) in [5, 5.41) is 10.6. The molecule has 1 atom stereocenters. The van der Waals surface area contributed by atoms with Gasteiger partial charge in [-0.2, -0.15) is 13.2 Å². The van der Waals surface area contributed by atoms with E-state index in [2.05, 4.69) is 0 Å². The second-order valence-corrected chi connectivity index (χ2v) is 4.59. The van der Waals surface area contributed by atoms with Crippen LogP contribution in [0.2, 0.25) is 4.34 Å². The first-order chi connectivity index (χ1) is 7.30. The SMILES string of the molecule is O=C(NCC(O)C(F)(F)F)c1ccc(Cl)s1. The molecule has 0 aliphatic carbocycles. The summed E-state index contributed by atoms with van der Waals surface area (Å²) in [4.78, 5) is 11.4. The third-order valence-electron chi connectivity index (χ3n) is 1.63. The van der Waals surface area contributed by atoms with Gasteiger partial charge in [0.05, 0.1) is 15.8 Å². The zero-order valence-corrected chi connectivity index (χ0v) is 9.29. The number of alkyl halides is 3. The summed E-state index contributed by atoms with van der Waals surface area (Å²) in [6, 6.07) is 2.85. The van der Waals surface area contributed by atoms with Crippen LogP contribution < -0.4 is 5.32 Å². The topological polar surface area (TPSA) is 49.3 Å². The third kappa shape index (κ3) is 3.66. The summed E-state index contributed by atoms with van der Waals surface area (Å²) in [5.41, 5.74) is 0. The van der Waals surface area contributed by atoms with Gasteiger partial charge in [-0.1, -0.05) is 11.6 Å². The number of aliphatic hydroxyl groups excluding tert-OH is 1. The van der Waals surface area contributed by atoms with E-state index in [1.54, 1.807) is 0 Å². The van der Waals surface area contributed by atoms with Crippen molar-refractivity contribution in [2.75, 3.05) is 6.54 Å². The van der Waals surface area contributed by atoms with Gasteiger partial charge in [0, 0.05) is 0 Å². The van der Waals surface area contributed by atoms with Gasteiger partial charge in [-0.05, 0) is 12.1 Å². The van der Waals surface area contributed by atoms with Crippen molar-refractivity contribution in [3.05, 3.63) is 21.3 Å². The molecule has 0 aromatic carbocycles. The molecular formula is C8H7ClF3NO2S. The molecule has 3 nitrogen and oxygen atoms in total. The molecule has 0 bridgehead atoms. The highest BCUT2D eigenvalue weighted by atomic mass is 35.5. The van der Waals surface area contributed by atoms with E-state index < -0.39 is 24.7 Å². The molecule has 1 aromatic heterocycles. The number of amides is 1. The summed E-state index contributed by atoms with van der Waals surface area (Å²) >= 11 is 6.49. The molecule has 90 valence electrons. The fraction of sp³-hybridized carbons (Fsp3) is 0.375. The predicted octanol–water partition coefficient (Wildman–Crippen LogP) is 2.05. The van der Waals surface area contributed by atoms with Gasteiger partial charge in [-0.25, -0.2) is 0 Å². The van der Waals surface area contributed by atoms with Crippen LogP contribution in [0.25, 0.3) is 0 Å². The molecule has 8 heteroatoms. The van der Waals surface area contributed by atoms with Crippen molar-refractivity contribution < 1.29 is 23.1 Å². The molecule has 1 aromatic rings. The number of aliphatic hydroxyl groups is 1. The number of hydrogen-bond acceptors (Lipinski definition) is 3. The molecule has 1 amide bonds. The maximum atomic E-state index is 11.9. The summed E-state index contributed by atoms with van der Waals surface area (Å²) in [6.45, 7) is -0.877. The van der Waals surface area contributed by atoms with Crippen LogP contribution >= 0.6 is 22.9 Å². The first-order valence-corrected chi connectivity index (χ1v) is 5.28. The van der Waals surface area contributed by atoms with Crippen LogP contribution in [0.15, 0.2) is 12.1 Å². The van der Waals surface area contributed by atoms with Crippen molar-refractivity contribution in [2.24, 2.45) is 0 Å². The quantitative estimate of drug-likeness (QED) is 0.886. The van der Waals surface area contributed by atoms with Crippen LogP contribution in [-0.4, -0.2) is 29.8 Å². The number of halogens is 4. The van der Waals surface area contributed by atoms with Crippen molar-refractivity contribution in [1.29, 1.82) is 0 Å². The van der Waals surface area contributed by atoms with Crippen LogP contribution in [0.1, 0.15) is 9.67 Å². The normalized spacial score (nSPS) is 13.6. The first-order valence-electron chi connectivity index (χ1n) is 4.09. The van der Waals surface area contributed by atoms with Gasteiger partial charge in [0.25, 0.3) is 5.91 Å². The minimum Gasteiger partial charge on any atom is -0.382 e. The Bertz CT molecular complexity index is 380. The Morgan fingerprint density at radius 3 is 2.62 bits per heavy atom. The average molecular weight is 274 g/mol. The van der Waals surface area contributed by atoms with Crippen molar-refractivity contribution in [2.45, 2.75) is 12.3 Å². The van der Waals surface area contributed by atoms with Gasteiger partial charge < -0.3 is 10.4 Å². The predicted molar refractivity (Wildman–Crippen MR) is 53.7 cm³/mol. The lowest BCUT2D eigenvalue weighted by atomic mass is 10.3. The third-order valence-corrected chi connectivity index (χ3v) is 2.86. The van der Waals surface area contributed by atoms with Gasteiger partial charge in [-0.15, -0.1) is 11.3 Å². The van der Waals surface area contributed by atoms with Crippen molar-refractivity contribution in [1.82, 2.24) is 5.32 Å². The average Bonchev–Trinajstić information content (AvgIpc) is 2.59. The molecule has 0 aliphatic heterocycles. The Kier molecular flexibility index (Phi) is 4.17. The minimum absolute atomic E-state index is 0.194. The fourth-order valence-corrected chi connectivity index (χ4v) is 1.79. The first kappa shape index (κ1) is 13.3. The van der Waals surface area contributed by atoms with Gasteiger partial charge in [0.1, 0.15) is 0 Å². The van der Waals surface area contributed by atoms with Gasteiger partial charge in [0.2, 0.25) is 0 Å². The van der Waals surface area contributed by atoms with Crippen LogP contribution in [0.3, 0.4) is 0 Å². The van der Waals surface area contributed by atoms with Gasteiger partial charge in [-0.3, -0.25) is 4.79 Å². The highest BCUT2D eigenvalue weighted by Gasteiger charge is 2.38. The van der Waals surface area contributed by atoms with E-state index in [9.17, 15) is 18.0 Å². The molecule has 0 saturated heterocycles. The number of carbonyl (C=O) groups excluding carboxylic acids is 1. The number of thiophene rings is 1. The minimum atomic E-state index is -4.74. The Hall–Kier alpha value is -0.790. The number of carbonyl (C=O) groups is 1. The molecular weight excluding hydrogens is 267 g/mol. The molecule has 1 rings (SSSR count). The molecule has 0 aliphatic rings. The molecule has 16 heavy (non-hydrogen) atoms. The zero-order chi connectivity index (χ0) is 12.3. The molecule has 1 unspecified atom stereocenters. The van der Waals surface area contributed by atoms with E-state index in [1.165, 1.54) is 12.1 Å². The second kappa shape index (κ2) is 5.03. The Balaban J connectivity index is 2.48. The van der Waals surface area contributed by atoms with Crippen molar-refractivity contribution in [3.63, 3.8) is 0 Å². The van der Waals surface area contributed by atoms with Crippen LogP contribution in [-0.2, 0) is 0 Å². The summed E-state index contributed by atoms with van der Waals surface area (Å²) in [5.74, 6) is -0.694. The Morgan fingerprint density at radius 2 is 2.19 bits per heavy atom. The standard InChI is InChI=1S/C8H7ClF3NO2S/c9-6-2-1-4(16-6)7(15)13-3-5(14)8(10,11)12/h1-2,5,14H,3H2,(H,13,15). The maximum Gasteiger partial charge on any atom is 0.416 e. The molecule has 1 heterocycles. The summed E-state index contributed by atoms with van der Waals surface area (Å²) in [6.07, 6.45) is -7.30. The highest BCUT2D eigenvalue weighted by molar-refractivity contribution is 7.17. The lowest BCUT2D eigenvalue weighted by molar-refractivity contribution is -0.201. The lowest BCUT2D eigenvalue weighted by Gasteiger charge is -2.14. The number of rotatable bonds is 3. The monoisotopic (exact) mass is 273 g/mol. The van der Waals surface area contributed by atoms with Crippen LogP contribution in [0.4, 0.5) is 13.2 Å². The number of nitrogens with one attached hydrogen (secondary N) is 1. The lowest BCUT2D eigenvalue weighted by Crippen LogP contribution is -2.40. The van der Waals surface area contributed by atoms with Gasteiger partial charge in [0.15, 0.2) is 6.10 Å². The molecule has 0 radical (unpaired) electrons. The van der Waals surface area contributed by atoms with E-state index in [4.69, 9.17) is 16.7 Å². The van der Waals surface area contributed by atoms with E-state index >= 15 is 0 Å². The van der Waals surface area contributed by atoms with Crippen LogP contribution in [0.5, 0.6) is 0 Å².